The van der Waals surface area contributed by atoms with Crippen LogP contribution < -0.4 is 9.47 Å². The molecule has 0 atom stereocenters. The lowest BCUT2D eigenvalue weighted by molar-refractivity contribution is 0.311. The monoisotopic (exact) mass is 363 g/mol. The van der Waals surface area contributed by atoms with E-state index in [9.17, 15) is 5.26 Å². The number of benzene rings is 3. The van der Waals surface area contributed by atoms with Crippen molar-refractivity contribution in [3.05, 3.63) is 70.7 Å². The number of rotatable bonds is 5. The van der Waals surface area contributed by atoms with Gasteiger partial charge in [-0.2, -0.15) is 5.26 Å². The number of hydrogen-bond acceptors (Lipinski definition) is 3. The molecule has 0 spiro atoms. The number of hydrogen-bond donors (Lipinski definition) is 0. The highest BCUT2D eigenvalue weighted by Gasteiger charge is 2.11. The number of methoxy groups -OCH3 is 1. The minimum absolute atomic E-state index is 0.499. The van der Waals surface area contributed by atoms with Gasteiger partial charge in [0.15, 0.2) is 11.5 Å². The quantitative estimate of drug-likeness (QED) is 0.414. The highest BCUT2D eigenvalue weighted by Crippen LogP contribution is 2.35. The molecule has 0 saturated carbocycles. The Labute approximate surface area is 158 Å². The van der Waals surface area contributed by atoms with Crippen molar-refractivity contribution >= 4 is 34.0 Å². The van der Waals surface area contributed by atoms with Gasteiger partial charge in [0, 0.05) is 6.07 Å². The van der Waals surface area contributed by atoms with Gasteiger partial charge in [-0.3, -0.25) is 0 Å². The lowest BCUT2D eigenvalue weighted by Gasteiger charge is -2.11. The van der Waals surface area contributed by atoms with E-state index < -0.39 is 0 Å². The fourth-order valence-corrected chi connectivity index (χ4v) is 2.99. The fraction of sp³-hybridized carbons (Fsp3) is 0.136. The van der Waals surface area contributed by atoms with Crippen LogP contribution in [-0.4, -0.2) is 13.7 Å². The second-order valence-corrected chi connectivity index (χ2v) is 6.10. The number of nitriles is 1. The van der Waals surface area contributed by atoms with Crippen molar-refractivity contribution in [2.24, 2.45) is 0 Å². The minimum atomic E-state index is 0.499. The summed E-state index contributed by atoms with van der Waals surface area (Å²) in [6.07, 6.45) is 1.77. The van der Waals surface area contributed by atoms with Gasteiger partial charge in [-0.15, -0.1) is 0 Å². The third kappa shape index (κ3) is 3.66. The number of fused-ring (bicyclic) bond motifs is 1. The second kappa shape index (κ2) is 7.95. The molecule has 0 aliphatic rings. The summed E-state index contributed by atoms with van der Waals surface area (Å²) in [5.74, 6) is 1.17. The topological polar surface area (TPSA) is 42.2 Å². The van der Waals surface area contributed by atoms with Crippen LogP contribution >= 0.6 is 11.6 Å². The van der Waals surface area contributed by atoms with Crippen molar-refractivity contribution < 1.29 is 9.47 Å². The molecule has 0 saturated heterocycles. The molecule has 0 aromatic heterocycles. The van der Waals surface area contributed by atoms with Gasteiger partial charge in [-0.05, 0) is 47.0 Å². The molecule has 0 bridgehead atoms. The highest BCUT2D eigenvalue weighted by atomic mass is 35.5. The van der Waals surface area contributed by atoms with E-state index >= 15 is 0 Å². The molecule has 0 heterocycles. The van der Waals surface area contributed by atoms with E-state index in [1.54, 1.807) is 25.3 Å². The largest absolute Gasteiger partial charge is 0.493 e. The molecule has 0 aliphatic carbocycles. The molecule has 0 radical (unpaired) electrons. The van der Waals surface area contributed by atoms with E-state index in [0.29, 0.717) is 34.3 Å². The summed E-state index contributed by atoms with van der Waals surface area (Å²) in [4.78, 5) is 0. The number of ether oxygens (including phenoxy) is 2. The molecule has 3 rings (SSSR count). The van der Waals surface area contributed by atoms with E-state index in [4.69, 9.17) is 21.1 Å². The SMILES string of the molecule is CCOc1cc(/C=C(/C#N)c2ccc3ccccc3c2)c(Cl)cc1OC. The van der Waals surface area contributed by atoms with Crippen molar-refractivity contribution in [3.8, 4) is 17.6 Å². The van der Waals surface area contributed by atoms with Crippen LogP contribution in [0.1, 0.15) is 18.1 Å². The van der Waals surface area contributed by atoms with Crippen LogP contribution in [0, 0.1) is 11.3 Å². The van der Waals surface area contributed by atoms with Crippen LogP contribution in [0.15, 0.2) is 54.6 Å². The predicted octanol–water partition coefficient (Wildman–Crippen LogP) is 5.96. The van der Waals surface area contributed by atoms with Crippen molar-refractivity contribution in [3.63, 3.8) is 0 Å². The fourth-order valence-electron chi connectivity index (χ4n) is 2.78. The Hall–Kier alpha value is -2.96. The summed E-state index contributed by atoms with van der Waals surface area (Å²) < 4.78 is 10.9. The molecule has 3 aromatic carbocycles. The summed E-state index contributed by atoms with van der Waals surface area (Å²) in [5.41, 5.74) is 2.09. The Morgan fingerprint density at radius 2 is 1.85 bits per heavy atom. The molecular weight excluding hydrogens is 346 g/mol. The van der Waals surface area contributed by atoms with E-state index in [0.717, 1.165) is 16.3 Å². The average Bonchev–Trinajstić information content (AvgIpc) is 2.67. The van der Waals surface area contributed by atoms with Gasteiger partial charge in [0.1, 0.15) is 0 Å². The van der Waals surface area contributed by atoms with E-state index in [1.807, 2.05) is 49.4 Å². The van der Waals surface area contributed by atoms with Crippen LogP contribution in [0.5, 0.6) is 11.5 Å². The zero-order valence-electron chi connectivity index (χ0n) is 14.6. The number of halogens is 1. The van der Waals surface area contributed by atoms with Gasteiger partial charge in [0.2, 0.25) is 0 Å². The Morgan fingerprint density at radius 3 is 2.54 bits per heavy atom. The average molecular weight is 364 g/mol. The summed E-state index contributed by atoms with van der Waals surface area (Å²) in [7, 11) is 1.57. The molecule has 0 unspecified atom stereocenters. The van der Waals surface area contributed by atoms with Crippen LogP contribution in [0.3, 0.4) is 0 Å². The van der Waals surface area contributed by atoms with Crippen molar-refractivity contribution in [2.75, 3.05) is 13.7 Å². The van der Waals surface area contributed by atoms with Gasteiger partial charge in [-0.25, -0.2) is 0 Å². The summed E-state index contributed by atoms with van der Waals surface area (Å²) >= 11 is 6.37. The molecular formula is C22H18ClNO2. The first kappa shape index (κ1) is 17.8. The maximum Gasteiger partial charge on any atom is 0.162 e. The molecule has 3 aromatic rings. The smallest absolute Gasteiger partial charge is 0.162 e. The molecule has 0 aliphatic heterocycles. The standard InChI is InChI=1S/C22H18ClNO2/c1-3-26-22-12-18(20(23)13-21(22)25-2)11-19(14-24)17-9-8-15-6-4-5-7-16(15)10-17/h4-13H,3H2,1-2H3/b19-11-. The lowest BCUT2D eigenvalue weighted by atomic mass is 10.00. The zero-order chi connectivity index (χ0) is 18.5. The summed E-state index contributed by atoms with van der Waals surface area (Å²) in [6, 6.07) is 19.8. The third-order valence-electron chi connectivity index (χ3n) is 4.06. The van der Waals surface area contributed by atoms with Crippen LogP contribution in [0.4, 0.5) is 0 Å². The lowest BCUT2D eigenvalue weighted by Crippen LogP contribution is -1.96. The van der Waals surface area contributed by atoms with Crippen LogP contribution in [0.25, 0.3) is 22.4 Å². The van der Waals surface area contributed by atoms with Crippen LogP contribution in [-0.2, 0) is 0 Å². The summed E-state index contributed by atoms with van der Waals surface area (Å²) in [5, 5.41) is 12.4. The minimum Gasteiger partial charge on any atom is -0.493 e. The molecule has 4 heteroatoms. The second-order valence-electron chi connectivity index (χ2n) is 5.69. The maximum absolute atomic E-state index is 9.66. The first-order valence-electron chi connectivity index (χ1n) is 8.27. The van der Waals surface area contributed by atoms with E-state index in [2.05, 4.69) is 6.07 Å². The Kier molecular flexibility index (Phi) is 5.46. The first-order chi connectivity index (χ1) is 12.7. The molecule has 3 nitrogen and oxygen atoms in total. The molecule has 0 N–H and O–H groups in total. The van der Waals surface area contributed by atoms with Crippen molar-refractivity contribution in [1.82, 2.24) is 0 Å². The van der Waals surface area contributed by atoms with Gasteiger partial charge in [0.25, 0.3) is 0 Å². The normalized spacial score (nSPS) is 11.2. The maximum atomic E-state index is 9.66. The van der Waals surface area contributed by atoms with Gasteiger partial charge in [0.05, 0.1) is 30.4 Å². The highest BCUT2D eigenvalue weighted by molar-refractivity contribution is 6.32. The Bertz CT molecular complexity index is 1020. The first-order valence-corrected chi connectivity index (χ1v) is 8.65. The predicted molar refractivity (Wildman–Crippen MR) is 107 cm³/mol. The summed E-state index contributed by atoms with van der Waals surface area (Å²) in [6.45, 7) is 2.41. The Morgan fingerprint density at radius 1 is 1.08 bits per heavy atom. The van der Waals surface area contributed by atoms with E-state index in [1.165, 1.54) is 0 Å². The molecule has 0 amide bonds. The zero-order valence-corrected chi connectivity index (χ0v) is 15.4. The van der Waals surface area contributed by atoms with Gasteiger partial charge >= 0.3 is 0 Å². The number of nitrogens with zero attached hydrogens (tertiary/aromatic N) is 1. The molecule has 0 fully saturated rings. The molecule has 26 heavy (non-hydrogen) atoms. The molecule has 130 valence electrons. The third-order valence-corrected chi connectivity index (χ3v) is 4.39. The van der Waals surface area contributed by atoms with Gasteiger partial charge in [-0.1, -0.05) is 48.0 Å². The van der Waals surface area contributed by atoms with Crippen LogP contribution in [0.2, 0.25) is 5.02 Å². The van der Waals surface area contributed by atoms with Crippen molar-refractivity contribution in [2.45, 2.75) is 6.92 Å². The van der Waals surface area contributed by atoms with Crippen molar-refractivity contribution in [1.29, 1.82) is 5.26 Å². The van der Waals surface area contributed by atoms with Gasteiger partial charge < -0.3 is 9.47 Å². The Balaban J connectivity index is 2.08. The number of allylic oxidation sites excluding steroid dienone is 1. The van der Waals surface area contributed by atoms with E-state index in [-0.39, 0.29) is 0 Å².